The Hall–Kier alpha value is -4.91. The van der Waals surface area contributed by atoms with E-state index in [1.165, 1.54) is 30.1 Å². The largest absolute Gasteiger partial charge is 0.573 e. The molecule has 0 radical (unpaired) electrons. The van der Waals surface area contributed by atoms with E-state index in [-0.39, 0.29) is 17.4 Å². The average Bonchev–Trinajstić information content (AvgIpc) is 3.59. The second-order valence-corrected chi connectivity index (χ2v) is 10.6. The summed E-state index contributed by atoms with van der Waals surface area (Å²) in [6.45, 7) is 4.15. The van der Waals surface area contributed by atoms with Crippen molar-refractivity contribution in [3.63, 3.8) is 0 Å². The van der Waals surface area contributed by atoms with Crippen molar-refractivity contribution in [3.05, 3.63) is 102 Å². The summed E-state index contributed by atoms with van der Waals surface area (Å²) < 4.78 is 42.4. The highest BCUT2D eigenvalue weighted by molar-refractivity contribution is 8.15. The van der Waals surface area contributed by atoms with E-state index in [9.17, 15) is 22.8 Å². The van der Waals surface area contributed by atoms with Crippen LogP contribution in [0.1, 0.15) is 41.3 Å². The molecule has 0 spiro atoms. The minimum atomic E-state index is -4.81. The molecule has 5 rings (SSSR count). The van der Waals surface area contributed by atoms with Gasteiger partial charge in [-0.15, -0.1) is 18.3 Å². The summed E-state index contributed by atoms with van der Waals surface area (Å²) >= 11 is 1.34. The number of hydrogen-bond acceptors (Lipinski definition) is 7. The number of carbonyl (C=O) groups is 2. The molecule has 1 aromatic heterocycles. The van der Waals surface area contributed by atoms with Gasteiger partial charge in [-0.3, -0.25) is 14.5 Å². The Balaban J connectivity index is 1.22. The lowest BCUT2D eigenvalue weighted by molar-refractivity contribution is -0.274. The monoisotopic (exact) mass is 606 g/mol. The molecule has 0 bridgehead atoms. The second kappa shape index (κ2) is 12.5. The number of amides is 2. The first-order valence-electron chi connectivity index (χ1n) is 13.1. The lowest BCUT2D eigenvalue weighted by atomic mass is 10.0. The quantitative estimate of drug-likeness (QED) is 0.180. The van der Waals surface area contributed by atoms with E-state index in [1.807, 2.05) is 48.5 Å². The van der Waals surface area contributed by atoms with Crippen LogP contribution in [0.2, 0.25) is 0 Å². The van der Waals surface area contributed by atoms with Crippen molar-refractivity contribution in [1.82, 2.24) is 9.78 Å². The predicted octanol–water partition coefficient (Wildman–Crippen LogP) is 6.62. The molecular formula is C30H25F3N6O3S. The van der Waals surface area contributed by atoms with E-state index in [0.717, 1.165) is 28.9 Å². The lowest BCUT2D eigenvalue weighted by Crippen LogP contribution is -2.30. The number of aromatic nitrogens is 2. The molecule has 0 aliphatic carbocycles. The normalized spacial score (nSPS) is 14.7. The van der Waals surface area contributed by atoms with Crippen LogP contribution in [0.25, 0.3) is 5.69 Å². The molecular weight excluding hydrogens is 581 g/mol. The fraction of sp³-hybridized carbons (Fsp3) is 0.167. The standard InChI is InChI=1S/C30H25F3N6O3S/c1-19(2)25-5-3-4-6-26(25)39-27(40)18-43-29(39)37-34-15-20-7-11-23(12-8-20)38-17-22(16-35-38)36-28(41)21-9-13-24(14-10-21)42-30(31,32)33/h3-17,19H,18H2,1-2H3,(H,36,41)/b34-15+,37-29-. The van der Waals surface area contributed by atoms with Gasteiger partial charge in [-0.2, -0.15) is 10.2 Å². The molecule has 2 amide bonds. The topological polar surface area (TPSA) is 101 Å². The number of alkyl halides is 3. The van der Waals surface area contributed by atoms with Crippen LogP contribution in [0.5, 0.6) is 5.75 Å². The van der Waals surface area contributed by atoms with Crippen LogP contribution in [-0.4, -0.2) is 45.1 Å². The van der Waals surface area contributed by atoms with Crippen molar-refractivity contribution >= 4 is 46.3 Å². The molecule has 1 aliphatic rings. The third-order valence-corrected chi connectivity index (χ3v) is 7.18. The predicted molar refractivity (Wildman–Crippen MR) is 160 cm³/mol. The van der Waals surface area contributed by atoms with Gasteiger partial charge in [0.15, 0.2) is 5.17 Å². The summed E-state index contributed by atoms with van der Waals surface area (Å²) in [4.78, 5) is 26.8. The molecule has 9 nitrogen and oxygen atoms in total. The van der Waals surface area contributed by atoms with E-state index in [1.54, 1.807) is 22.0 Å². The van der Waals surface area contributed by atoms with Crippen molar-refractivity contribution in [3.8, 4) is 11.4 Å². The van der Waals surface area contributed by atoms with Crippen LogP contribution in [0, 0.1) is 0 Å². The van der Waals surface area contributed by atoms with Crippen molar-refractivity contribution in [2.45, 2.75) is 26.1 Å². The molecule has 0 unspecified atom stereocenters. The van der Waals surface area contributed by atoms with Crippen LogP contribution in [0.4, 0.5) is 24.5 Å². The summed E-state index contributed by atoms with van der Waals surface area (Å²) in [5.74, 6) is -0.438. The van der Waals surface area contributed by atoms with Gasteiger partial charge in [-0.05, 0) is 59.5 Å². The first-order chi connectivity index (χ1) is 20.6. The number of para-hydroxylation sites is 1. The summed E-state index contributed by atoms with van der Waals surface area (Å²) in [6, 6.07) is 19.6. The molecule has 1 fully saturated rings. The second-order valence-electron chi connectivity index (χ2n) is 9.65. The third-order valence-electron chi connectivity index (χ3n) is 6.26. The molecule has 2 heterocycles. The van der Waals surface area contributed by atoms with E-state index in [4.69, 9.17) is 0 Å². The summed E-state index contributed by atoms with van der Waals surface area (Å²) in [7, 11) is 0. The van der Waals surface area contributed by atoms with E-state index in [2.05, 4.69) is 39.2 Å². The summed E-state index contributed by atoms with van der Waals surface area (Å²) in [6.07, 6.45) is -0.164. The maximum Gasteiger partial charge on any atom is 0.573 e. The molecule has 13 heteroatoms. The van der Waals surface area contributed by atoms with Gasteiger partial charge in [-0.1, -0.05) is 55.9 Å². The Kier molecular flexibility index (Phi) is 8.62. The number of nitrogens with zero attached hydrogens (tertiary/aromatic N) is 5. The Morgan fingerprint density at radius 1 is 1.07 bits per heavy atom. The molecule has 1 saturated heterocycles. The number of hydrogen-bond donors (Lipinski definition) is 1. The number of rotatable bonds is 8. The zero-order valence-corrected chi connectivity index (χ0v) is 23.8. The van der Waals surface area contributed by atoms with E-state index in [0.29, 0.717) is 22.3 Å². The Morgan fingerprint density at radius 2 is 1.79 bits per heavy atom. The highest BCUT2D eigenvalue weighted by atomic mass is 32.2. The Morgan fingerprint density at radius 3 is 2.49 bits per heavy atom. The van der Waals surface area contributed by atoms with Gasteiger partial charge in [0.2, 0.25) is 5.91 Å². The number of anilines is 2. The zero-order valence-electron chi connectivity index (χ0n) is 22.9. The van der Waals surface area contributed by atoms with Gasteiger partial charge in [0, 0.05) is 5.56 Å². The van der Waals surface area contributed by atoms with Crippen molar-refractivity contribution in [1.29, 1.82) is 0 Å². The highest BCUT2D eigenvalue weighted by Gasteiger charge is 2.32. The minimum Gasteiger partial charge on any atom is -0.406 e. The van der Waals surface area contributed by atoms with Crippen LogP contribution in [0.15, 0.2) is 95.4 Å². The van der Waals surface area contributed by atoms with Crippen molar-refractivity contribution < 1.29 is 27.5 Å². The maximum atomic E-state index is 12.7. The first kappa shape index (κ1) is 29.6. The van der Waals surface area contributed by atoms with Crippen LogP contribution < -0.4 is 15.0 Å². The van der Waals surface area contributed by atoms with E-state index < -0.39 is 18.0 Å². The smallest absolute Gasteiger partial charge is 0.406 e. The van der Waals surface area contributed by atoms with Crippen LogP contribution in [0.3, 0.4) is 0 Å². The summed E-state index contributed by atoms with van der Waals surface area (Å²) in [5, 5.41) is 16.0. The molecule has 0 saturated carbocycles. The van der Waals surface area contributed by atoms with Gasteiger partial charge in [0.25, 0.3) is 5.91 Å². The van der Waals surface area contributed by atoms with Gasteiger partial charge in [0.1, 0.15) is 5.75 Å². The molecule has 43 heavy (non-hydrogen) atoms. The molecule has 1 aliphatic heterocycles. The molecule has 0 atom stereocenters. The number of benzene rings is 3. The number of halogens is 3. The maximum absolute atomic E-state index is 12.7. The fourth-order valence-electron chi connectivity index (χ4n) is 4.25. The van der Waals surface area contributed by atoms with Gasteiger partial charge < -0.3 is 10.1 Å². The number of carbonyl (C=O) groups excluding carboxylic acids is 2. The number of nitrogens with one attached hydrogen (secondary N) is 1. The summed E-state index contributed by atoms with van der Waals surface area (Å²) in [5.41, 5.74) is 3.91. The van der Waals surface area contributed by atoms with Gasteiger partial charge in [-0.25, -0.2) is 4.68 Å². The molecule has 1 N–H and O–H groups in total. The zero-order chi connectivity index (χ0) is 30.6. The average molecular weight is 607 g/mol. The SMILES string of the molecule is CC(C)c1ccccc1N1C(=O)CS/C1=N\N=C\c1ccc(-n2cc(NC(=O)c3ccc(OC(F)(F)F)cc3)cn2)cc1. The lowest BCUT2D eigenvalue weighted by Gasteiger charge is -2.20. The third kappa shape index (κ3) is 7.30. The molecule has 4 aromatic rings. The number of thioether (sulfide) groups is 1. The first-order valence-corrected chi connectivity index (χ1v) is 14.0. The van der Waals surface area contributed by atoms with Crippen LogP contribution >= 0.6 is 11.8 Å². The fourth-order valence-corrected chi connectivity index (χ4v) is 5.07. The Bertz CT molecular complexity index is 1680. The number of amidine groups is 1. The van der Waals surface area contributed by atoms with Crippen molar-refractivity contribution in [2.75, 3.05) is 16.0 Å². The number of ether oxygens (including phenoxy) is 1. The van der Waals surface area contributed by atoms with Crippen molar-refractivity contribution in [2.24, 2.45) is 10.2 Å². The van der Waals surface area contributed by atoms with Gasteiger partial charge >= 0.3 is 6.36 Å². The highest BCUT2D eigenvalue weighted by Crippen LogP contribution is 2.33. The van der Waals surface area contributed by atoms with Gasteiger partial charge in [0.05, 0.1) is 41.4 Å². The Labute approximate surface area is 249 Å². The molecule has 3 aromatic carbocycles. The van der Waals surface area contributed by atoms with Crippen LogP contribution in [-0.2, 0) is 4.79 Å². The molecule has 220 valence electrons. The minimum absolute atomic E-state index is 0.0420. The van der Waals surface area contributed by atoms with E-state index >= 15 is 0 Å².